The van der Waals surface area contributed by atoms with Gasteiger partial charge in [-0.05, 0) is 37.5 Å². The highest BCUT2D eigenvalue weighted by molar-refractivity contribution is 14.1. The number of imidazole rings is 1. The van der Waals surface area contributed by atoms with Crippen molar-refractivity contribution in [2.75, 3.05) is 18.0 Å². The summed E-state index contributed by atoms with van der Waals surface area (Å²) in [5, 5.41) is 9.83. The zero-order chi connectivity index (χ0) is 19.5. The number of aliphatic imine (C=N–C) groups is 1. The van der Waals surface area contributed by atoms with Crippen molar-refractivity contribution in [3.63, 3.8) is 0 Å². The highest BCUT2D eigenvalue weighted by Crippen LogP contribution is 2.43. The minimum atomic E-state index is -0.0740. The predicted molar refractivity (Wildman–Crippen MR) is 115 cm³/mol. The molecule has 1 fully saturated rings. The molecule has 2 aromatic rings. The molecule has 1 spiro atoms. The molecule has 0 bridgehead atoms. The Labute approximate surface area is 177 Å². The van der Waals surface area contributed by atoms with Crippen LogP contribution in [0, 0.1) is 3.83 Å². The summed E-state index contributed by atoms with van der Waals surface area (Å²) in [5.41, 5.74) is 1.40. The van der Waals surface area contributed by atoms with Crippen molar-refractivity contribution < 1.29 is 9.90 Å². The van der Waals surface area contributed by atoms with Gasteiger partial charge >= 0.3 is 0 Å². The van der Waals surface area contributed by atoms with E-state index in [0.717, 1.165) is 40.6 Å². The quantitative estimate of drug-likeness (QED) is 0.670. The molecule has 1 aromatic heterocycles. The molecule has 8 heteroatoms. The number of guanidine groups is 1. The van der Waals surface area contributed by atoms with E-state index in [1.54, 1.807) is 17.0 Å². The summed E-state index contributed by atoms with van der Waals surface area (Å²) >= 11 is 2.19. The van der Waals surface area contributed by atoms with E-state index in [9.17, 15) is 9.90 Å². The topological polar surface area (TPSA) is 74.0 Å². The fourth-order valence-electron chi connectivity index (χ4n) is 4.67. The standard InChI is InChI=1S/C20H22IN5O2/c1-2-24-17(28)15-16(26-12-20(23-19(24)26)8-3-4-9-20)25(18(21)22-15)11-13-6-5-7-14(27)10-13/h5-7,10,27H,2-4,8-9,11-12H2,1H3. The van der Waals surface area contributed by atoms with Gasteiger partial charge in [-0.2, -0.15) is 0 Å². The van der Waals surface area contributed by atoms with E-state index < -0.39 is 0 Å². The van der Waals surface area contributed by atoms with Gasteiger partial charge < -0.3 is 9.67 Å². The summed E-state index contributed by atoms with van der Waals surface area (Å²) in [4.78, 5) is 26.8. The number of phenolic OH excluding ortho intramolecular Hbond substituents is 1. The molecule has 28 heavy (non-hydrogen) atoms. The summed E-state index contributed by atoms with van der Waals surface area (Å²) in [6.07, 6.45) is 4.53. The van der Waals surface area contributed by atoms with Crippen molar-refractivity contribution in [3.05, 3.63) is 39.4 Å². The van der Waals surface area contributed by atoms with Crippen LogP contribution in [0.15, 0.2) is 29.3 Å². The van der Waals surface area contributed by atoms with Crippen LogP contribution in [0.4, 0.5) is 5.82 Å². The maximum atomic E-state index is 13.2. The fourth-order valence-corrected chi connectivity index (χ4v) is 5.31. The van der Waals surface area contributed by atoms with Gasteiger partial charge in [0.1, 0.15) is 11.6 Å². The lowest BCUT2D eigenvalue weighted by Gasteiger charge is -2.34. The van der Waals surface area contributed by atoms with E-state index >= 15 is 0 Å². The van der Waals surface area contributed by atoms with E-state index in [-0.39, 0.29) is 17.2 Å². The molecule has 5 rings (SSSR count). The van der Waals surface area contributed by atoms with E-state index in [1.807, 2.05) is 19.1 Å². The van der Waals surface area contributed by atoms with E-state index in [1.165, 1.54) is 12.8 Å². The van der Waals surface area contributed by atoms with Gasteiger partial charge in [-0.3, -0.25) is 14.6 Å². The number of fused-ring (bicyclic) bond motifs is 3. The highest BCUT2D eigenvalue weighted by atomic mass is 127. The van der Waals surface area contributed by atoms with Crippen molar-refractivity contribution in [2.24, 2.45) is 4.99 Å². The van der Waals surface area contributed by atoms with E-state index in [0.29, 0.717) is 18.8 Å². The summed E-state index contributed by atoms with van der Waals surface area (Å²) < 4.78 is 2.84. The van der Waals surface area contributed by atoms with Crippen molar-refractivity contribution >= 4 is 40.3 Å². The maximum Gasteiger partial charge on any atom is 0.283 e. The number of halogens is 1. The van der Waals surface area contributed by atoms with Crippen LogP contribution in [0.1, 0.15) is 48.7 Å². The van der Waals surface area contributed by atoms with Gasteiger partial charge in [-0.25, -0.2) is 9.98 Å². The summed E-state index contributed by atoms with van der Waals surface area (Å²) in [5.74, 6) is 1.78. The molecule has 0 radical (unpaired) electrons. The molecular formula is C20H22IN5O2. The van der Waals surface area contributed by atoms with Gasteiger partial charge in [0.25, 0.3) is 5.91 Å². The Balaban J connectivity index is 1.62. The number of aromatic nitrogens is 2. The minimum absolute atomic E-state index is 0.0732. The van der Waals surface area contributed by atoms with Crippen LogP contribution < -0.4 is 4.90 Å². The Morgan fingerprint density at radius 3 is 2.79 bits per heavy atom. The number of phenols is 1. The van der Waals surface area contributed by atoms with Gasteiger partial charge in [-0.15, -0.1) is 0 Å². The Morgan fingerprint density at radius 2 is 2.07 bits per heavy atom. The first-order valence-corrected chi connectivity index (χ1v) is 10.8. The third-order valence-corrected chi connectivity index (χ3v) is 6.80. The molecule has 1 N–H and O–H groups in total. The molecule has 1 saturated carbocycles. The minimum Gasteiger partial charge on any atom is -0.508 e. The number of hydrogen-bond acceptors (Lipinski definition) is 5. The fraction of sp³-hybridized carbons (Fsp3) is 0.450. The van der Waals surface area contributed by atoms with Gasteiger partial charge in [0.15, 0.2) is 9.53 Å². The number of nitrogens with zero attached hydrogens (tertiary/aromatic N) is 5. The lowest BCUT2D eigenvalue weighted by Crippen LogP contribution is -2.51. The van der Waals surface area contributed by atoms with E-state index in [4.69, 9.17) is 4.99 Å². The first-order valence-electron chi connectivity index (χ1n) is 9.74. The number of benzene rings is 1. The Kier molecular flexibility index (Phi) is 4.15. The summed E-state index contributed by atoms with van der Waals surface area (Å²) in [6, 6.07) is 7.22. The molecule has 0 saturated heterocycles. The summed E-state index contributed by atoms with van der Waals surface area (Å²) in [7, 11) is 0. The van der Waals surface area contributed by atoms with Crippen LogP contribution >= 0.6 is 22.6 Å². The molecule has 3 aliphatic rings. The first-order chi connectivity index (χ1) is 13.5. The van der Waals surface area contributed by atoms with Crippen LogP contribution in [0.3, 0.4) is 0 Å². The van der Waals surface area contributed by atoms with Crippen LogP contribution in [0.5, 0.6) is 5.75 Å². The Bertz CT molecular complexity index is 992. The molecule has 1 aliphatic carbocycles. The Hall–Kier alpha value is -2.10. The van der Waals surface area contributed by atoms with Crippen molar-refractivity contribution in [1.82, 2.24) is 14.5 Å². The SMILES string of the molecule is CCN1C(=O)c2nc(I)n(Cc3cccc(O)c3)c2N2CC3(CCCC3)N=C12. The van der Waals surface area contributed by atoms with Crippen molar-refractivity contribution in [2.45, 2.75) is 44.7 Å². The number of carbonyl (C=O) groups is 1. The smallest absolute Gasteiger partial charge is 0.283 e. The third kappa shape index (κ3) is 2.64. The Morgan fingerprint density at radius 1 is 1.29 bits per heavy atom. The molecule has 7 nitrogen and oxygen atoms in total. The zero-order valence-corrected chi connectivity index (χ0v) is 17.9. The summed E-state index contributed by atoms with van der Waals surface area (Å²) in [6.45, 7) is 3.92. The number of aromatic hydroxyl groups is 1. The largest absolute Gasteiger partial charge is 0.508 e. The average molecular weight is 491 g/mol. The molecule has 3 heterocycles. The molecule has 2 aliphatic heterocycles. The van der Waals surface area contributed by atoms with Crippen molar-refractivity contribution in [3.8, 4) is 5.75 Å². The monoisotopic (exact) mass is 491 g/mol. The molecule has 0 unspecified atom stereocenters. The molecule has 0 atom stereocenters. The third-order valence-electron chi connectivity index (χ3n) is 5.97. The molecule has 1 aromatic carbocycles. The number of anilines is 1. The normalized spacial score (nSPS) is 19.9. The molecular weight excluding hydrogens is 469 g/mol. The second kappa shape index (κ2) is 6.47. The number of carbonyl (C=O) groups excluding carboxylic acids is 1. The van der Waals surface area contributed by atoms with Gasteiger partial charge in [-0.1, -0.05) is 25.0 Å². The number of rotatable bonds is 3. The predicted octanol–water partition coefficient (Wildman–Crippen LogP) is 3.21. The second-order valence-corrected chi connectivity index (χ2v) is 8.75. The van der Waals surface area contributed by atoms with Gasteiger partial charge in [0.05, 0.1) is 18.6 Å². The number of amides is 1. The lowest BCUT2D eigenvalue weighted by atomic mass is 9.99. The average Bonchev–Trinajstić information content (AvgIpc) is 3.35. The van der Waals surface area contributed by atoms with E-state index in [2.05, 4.69) is 37.0 Å². The van der Waals surface area contributed by atoms with Crippen LogP contribution in [-0.2, 0) is 6.54 Å². The first kappa shape index (κ1) is 18.0. The highest BCUT2D eigenvalue weighted by Gasteiger charge is 2.49. The zero-order valence-electron chi connectivity index (χ0n) is 15.7. The molecule has 146 valence electrons. The maximum absolute atomic E-state index is 13.2. The molecule has 1 amide bonds. The lowest BCUT2D eigenvalue weighted by molar-refractivity contribution is 0.0841. The number of hydrogen-bond donors (Lipinski definition) is 1. The van der Waals surface area contributed by atoms with Crippen molar-refractivity contribution in [1.29, 1.82) is 0 Å². The van der Waals surface area contributed by atoms with Crippen LogP contribution in [0.25, 0.3) is 0 Å². The van der Waals surface area contributed by atoms with Crippen LogP contribution in [0.2, 0.25) is 0 Å². The van der Waals surface area contributed by atoms with Gasteiger partial charge in [0, 0.05) is 29.1 Å². The van der Waals surface area contributed by atoms with Crippen LogP contribution in [-0.4, -0.2) is 50.1 Å². The second-order valence-electron chi connectivity index (χ2n) is 7.79. The van der Waals surface area contributed by atoms with Gasteiger partial charge in [0.2, 0.25) is 5.96 Å².